The molecule has 2 bridgehead atoms. The Hall–Kier alpha value is -3.24. The van der Waals surface area contributed by atoms with E-state index in [1.807, 2.05) is 42.5 Å². The van der Waals surface area contributed by atoms with Gasteiger partial charge in [-0.15, -0.1) is 0 Å². The monoisotopic (exact) mass is 602 g/mol. The molecule has 2 aliphatic carbocycles. The van der Waals surface area contributed by atoms with Crippen molar-refractivity contribution in [3.63, 3.8) is 0 Å². The van der Waals surface area contributed by atoms with Gasteiger partial charge in [-0.25, -0.2) is 13.2 Å². The van der Waals surface area contributed by atoms with Crippen LogP contribution >= 0.6 is 0 Å². The summed E-state index contributed by atoms with van der Waals surface area (Å²) in [5, 5.41) is 9.39. The zero-order valence-corrected chi connectivity index (χ0v) is 25.2. The van der Waals surface area contributed by atoms with E-state index in [9.17, 15) is 18.3 Å². The number of aliphatic hydroxyl groups is 1. The number of aliphatic hydroxyl groups excluding tert-OH is 1. The highest BCUT2D eigenvalue weighted by atomic mass is 32.2. The lowest BCUT2D eigenvalue weighted by Gasteiger charge is -2.60. The highest BCUT2D eigenvalue weighted by Gasteiger charge is 2.66. The van der Waals surface area contributed by atoms with Crippen molar-refractivity contribution < 1.29 is 27.8 Å². The van der Waals surface area contributed by atoms with Crippen LogP contribution < -0.4 is 9.47 Å². The van der Waals surface area contributed by atoms with Gasteiger partial charge in [-0.2, -0.15) is 4.31 Å². The molecule has 1 N–H and O–H groups in total. The topological polar surface area (TPSA) is 96.4 Å². The van der Waals surface area contributed by atoms with Crippen LogP contribution in [0.5, 0.6) is 11.5 Å². The van der Waals surface area contributed by atoms with Gasteiger partial charge in [0.1, 0.15) is 12.7 Å². The summed E-state index contributed by atoms with van der Waals surface area (Å²) in [5.41, 5.74) is 3.97. The van der Waals surface area contributed by atoms with Crippen LogP contribution in [-0.2, 0) is 38.8 Å². The van der Waals surface area contributed by atoms with Gasteiger partial charge < -0.3 is 14.6 Å². The van der Waals surface area contributed by atoms with Gasteiger partial charge in [0.05, 0.1) is 11.8 Å². The standard InChI is InChI=1S/C34H38N2O6S/c1-35(43(39,40)22-24-10-6-3-7-11-24)27-14-13-26-28-20-25-12-15-29(41-30(38)21-37)32-31(25)34(26,33(27)42-32)17-19-36(28)18-16-23-8-4-2-5-9-23/h2-12,15,26-28,33,37H,13-14,16-22H2,1H3/t26-,27?,28+,33?,34-/m0/s1. The number of likely N-dealkylation sites (N-methyl/N-ethyl adjacent to an activating group) is 1. The van der Waals surface area contributed by atoms with Gasteiger partial charge in [0.25, 0.3) is 0 Å². The second-order valence-corrected chi connectivity index (χ2v) is 14.5. The van der Waals surface area contributed by atoms with E-state index in [0.717, 1.165) is 49.9 Å². The number of sulfonamides is 1. The Labute approximate surface area is 253 Å². The fourth-order valence-corrected chi connectivity index (χ4v) is 9.93. The van der Waals surface area contributed by atoms with Gasteiger partial charge >= 0.3 is 5.97 Å². The Morgan fingerprint density at radius 1 is 1.05 bits per heavy atom. The van der Waals surface area contributed by atoms with Crippen molar-refractivity contribution in [1.82, 2.24) is 9.21 Å². The summed E-state index contributed by atoms with van der Waals surface area (Å²) in [4.78, 5) is 14.8. The number of benzene rings is 3. The second-order valence-electron chi connectivity index (χ2n) is 12.4. The van der Waals surface area contributed by atoms with Crippen LogP contribution in [0.25, 0.3) is 0 Å². The Morgan fingerprint density at radius 3 is 2.49 bits per heavy atom. The Balaban J connectivity index is 1.25. The molecule has 2 heterocycles. The van der Waals surface area contributed by atoms with E-state index in [1.54, 1.807) is 17.4 Å². The summed E-state index contributed by atoms with van der Waals surface area (Å²) in [7, 11) is -1.95. The van der Waals surface area contributed by atoms with Gasteiger partial charge in [-0.1, -0.05) is 66.7 Å². The smallest absolute Gasteiger partial charge is 0.337 e. The van der Waals surface area contributed by atoms with Gasteiger partial charge in [-0.3, -0.25) is 4.90 Å². The van der Waals surface area contributed by atoms with Crippen molar-refractivity contribution in [2.45, 2.75) is 61.5 Å². The lowest BCUT2D eigenvalue weighted by molar-refractivity contribution is -0.137. The number of hydrogen-bond donors (Lipinski definition) is 1. The normalized spacial score (nSPS) is 27.4. The predicted octanol–water partition coefficient (Wildman–Crippen LogP) is 3.70. The average molecular weight is 603 g/mol. The summed E-state index contributed by atoms with van der Waals surface area (Å²) < 4.78 is 41.5. The third-order valence-corrected chi connectivity index (χ3v) is 12.2. The zero-order valence-electron chi connectivity index (χ0n) is 24.4. The first-order valence-corrected chi connectivity index (χ1v) is 16.8. The molecular weight excluding hydrogens is 564 g/mol. The number of rotatable bonds is 9. The number of esters is 1. The molecule has 4 aliphatic rings. The fourth-order valence-electron chi connectivity index (χ4n) is 8.48. The van der Waals surface area contributed by atoms with E-state index in [2.05, 4.69) is 29.2 Å². The maximum atomic E-state index is 13.8. The number of ether oxygens (including phenoxy) is 2. The summed E-state index contributed by atoms with van der Waals surface area (Å²) in [6.07, 6.45) is 3.88. The van der Waals surface area contributed by atoms with Crippen molar-refractivity contribution in [1.29, 1.82) is 0 Å². The van der Waals surface area contributed by atoms with Crippen LogP contribution in [0.3, 0.4) is 0 Å². The Bertz CT molecular complexity index is 1610. The minimum Gasteiger partial charge on any atom is -0.484 e. The first-order valence-electron chi connectivity index (χ1n) is 15.2. The van der Waals surface area contributed by atoms with E-state index in [-0.39, 0.29) is 17.2 Å². The molecule has 3 aromatic rings. The summed E-state index contributed by atoms with van der Waals surface area (Å²) >= 11 is 0. The van der Waals surface area contributed by atoms with E-state index < -0.39 is 28.7 Å². The number of carbonyl (C=O) groups excluding carboxylic acids is 1. The van der Waals surface area contributed by atoms with Gasteiger partial charge in [-0.05, 0) is 67.3 Å². The molecule has 7 rings (SSSR count). The summed E-state index contributed by atoms with van der Waals surface area (Å²) in [6.45, 7) is 1.13. The second kappa shape index (κ2) is 11.0. The quantitative estimate of drug-likeness (QED) is 0.295. The molecule has 0 aromatic heterocycles. The van der Waals surface area contributed by atoms with Crippen molar-refractivity contribution in [2.24, 2.45) is 5.92 Å². The summed E-state index contributed by atoms with van der Waals surface area (Å²) in [6, 6.07) is 23.6. The van der Waals surface area contributed by atoms with E-state index >= 15 is 0 Å². The average Bonchev–Trinajstić information content (AvgIpc) is 3.37. The van der Waals surface area contributed by atoms with Crippen LogP contribution in [0.4, 0.5) is 0 Å². The first kappa shape index (κ1) is 28.5. The van der Waals surface area contributed by atoms with E-state index in [4.69, 9.17) is 9.47 Å². The molecule has 2 aliphatic heterocycles. The minimum atomic E-state index is -3.64. The maximum absolute atomic E-state index is 13.8. The molecule has 1 spiro atoms. The molecule has 43 heavy (non-hydrogen) atoms. The highest BCUT2D eigenvalue weighted by Crippen LogP contribution is 2.64. The third kappa shape index (κ3) is 4.77. The lowest BCUT2D eigenvalue weighted by Crippen LogP contribution is -2.69. The zero-order chi connectivity index (χ0) is 29.8. The Morgan fingerprint density at radius 2 is 1.77 bits per heavy atom. The number of carbonyl (C=O) groups is 1. The van der Waals surface area contributed by atoms with Gasteiger partial charge in [0.2, 0.25) is 10.0 Å². The van der Waals surface area contributed by atoms with Crippen molar-refractivity contribution in [2.75, 3.05) is 26.7 Å². The molecule has 3 aromatic carbocycles. The van der Waals surface area contributed by atoms with Crippen LogP contribution in [0, 0.1) is 5.92 Å². The molecule has 1 saturated carbocycles. The first-order chi connectivity index (χ1) is 20.8. The molecule has 0 radical (unpaired) electrons. The van der Waals surface area contributed by atoms with Crippen LogP contribution in [-0.4, -0.2) is 73.6 Å². The minimum absolute atomic E-state index is 0.0720. The fraction of sp³-hybridized carbons (Fsp3) is 0.441. The van der Waals surface area contributed by atoms with Crippen molar-refractivity contribution >= 4 is 16.0 Å². The highest BCUT2D eigenvalue weighted by molar-refractivity contribution is 7.88. The third-order valence-electron chi connectivity index (χ3n) is 10.4. The molecule has 2 fully saturated rings. The molecule has 1 saturated heterocycles. The molecular formula is C34H38N2O6S. The van der Waals surface area contributed by atoms with Crippen LogP contribution in [0.1, 0.15) is 41.5 Å². The van der Waals surface area contributed by atoms with E-state index in [1.165, 1.54) is 11.1 Å². The van der Waals surface area contributed by atoms with E-state index in [0.29, 0.717) is 29.9 Å². The van der Waals surface area contributed by atoms with Gasteiger partial charge in [0.15, 0.2) is 11.5 Å². The van der Waals surface area contributed by atoms with Gasteiger partial charge in [0, 0.05) is 30.6 Å². The lowest BCUT2D eigenvalue weighted by atomic mass is 9.51. The number of hydrogen-bond acceptors (Lipinski definition) is 7. The number of nitrogens with zero attached hydrogens (tertiary/aromatic N) is 2. The molecule has 2 unspecified atom stereocenters. The van der Waals surface area contributed by atoms with Crippen LogP contribution in [0.15, 0.2) is 72.8 Å². The maximum Gasteiger partial charge on any atom is 0.337 e. The number of likely N-dealkylation sites (tertiary alicyclic amines) is 1. The van der Waals surface area contributed by atoms with Crippen LogP contribution in [0.2, 0.25) is 0 Å². The van der Waals surface area contributed by atoms with Crippen molar-refractivity contribution in [3.8, 4) is 11.5 Å². The predicted molar refractivity (Wildman–Crippen MR) is 162 cm³/mol. The molecule has 8 nitrogen and oxygen atoms in total. The molecule has 9 heteroatoms. The molecule has 226 valence electrons. The number of piperidine rings is 1. The summed E-state index contributed by atoms with van der Waals surface area (Å²) in [5.74, 6) is 0.329. The Kier molecular flexibility index (Phi) is 7.32. The SMILES string of the molecule is CN(C1CC[C@H]2[C@H]3Cc4ccc(OC(=O)CO)c5c4[C@@]2(CCN3CCc2ccccc2)C1O5)S(=O)(=O)Cc1ccccc1. The van der Waals surface area contributed by atoms with Crippen molar-refractivity contribution in [3.05, 3.63) is 95.1 Å². The largest absolute Gasteiger partial charge is 0.484 e. The molecule has 0 amide bonds. The molecule has 5 atom stereocenters.